The molecule has 5 N–H and O–H groups in total. The molecule has 5 aliphatic rings. The molecule has 0 radical (unpaired) electrons. The molecule has 2 unspecified atom stereocenters. The summed E-state index contributed by atoms with van der Waals surface area (Å²) in [5.74, 6) is 1.45. The van der Waals surface area contributed by atoms with E-state index in [1.807, 2.05) is 18.2 Å². The van der Waals surface area contributed by atoms with Crippen molar-refractivity contribution in [1.82, 2.24) is 14.9 Å². The Morgan fingerprint density at radius 3 is 2.45 bits per heavy atom. The predicted molar refractivity (Wildman–Crippen MR) is 172 cm³/mol. The van der Waals surface area contributed by atoms with Crippen molar-refractivity contribution in [2.24, 2.45) is 23.5 Å². The largest absolute Gasteiger partial charge is 0.495 e. The van der Waals surface area contributed by atoms with E-state index in [1.54, 1.807) is 26.2 Å². The molecule has 4 aliphatic carbocycles. The molecule has 1 amide bonds. The molecule has 4 saturated carbocycles. The van der Waals surface area contributed by atoms with Crippen LogP contribution in [0.25, 0.3) is 0 Å². The Bertz CT molecular complexity index is 1660. The number of carbonyl (C=O) groups is 1. The van der Waals surface area contributed by atoms with Crippen molar-refractivity contribution in [1.29, 1.82) is 0 Å². The highest BCUT2D eigenvalue weighted by atomic mass is 19.4. The Hall–Kier alpha value is -3.90. The highest BCUT2D eigenvalue weighted by Crippen LogP contribution is 2.57. The van der Waals surface area contributed by atoms with E-state index in [9.17, 15) is 23.1 Å². The summed E-state index contributed by atoms with van der Waals surface area (Å²) in [6.07, 6.45) is 3.45. The summed E-state index contributed by atoms with van der Waals surface area (Å²) in [5.41, 5.74) is 6.37. The number of amides is 1. The molecule has 2 atom stereocenters. The summed E-state index contributed by atoms with van der Waals surface area (Å²) < 4.78 is 47.6. The van der Waals surface area contributed by atoms with Crippen molar-refractivity contribution in [3.63, 3.8) is 0 Å². The lowest BCUT2D eigenvalue weighted by molar-refractivity contribution is -0.162. The number of benzene rings is 2. The minimum atomic E-state index is -4.75. The topological polar surface area (TPSA) is 126 Å². The first kappa shape index (κ1) is 31.7. The zero-order chi connectivity index (χ0) is 33.1. The molecular weight excluding hydrogens is 609 g/mol. The summed E-state index contributed by atoms with van der Waals surface area (Å²) in [4.78, 5) is 22.8. The lowest BCUT2D eigenvalue weighted by Gasteiger charge is -2.61. The Morgan fingerprint density at radius 1 is 1.09 bits per heavy atom. The van der Waals surface area contributed by atoms with Gasteiger partial charge in [-0.25, -0.2) is 4.98 Å². The first-order valence-corrected chi connectivity index (χ1v) is 16.4. The van der Waals surface area contributed by atoms with E-state index in [4.69, 9.17) is 10.5 Å². The van der Waals surface area contributed by atoms with Crippen LogP contribution in [0.15, 0.2) is 42.6 Å². The number of aromatic nitrogens is 2. The Balaban J connectivity index is 1.07. The number of ether oxygens (including phenoxy) is 1. The van der Waals surface area contributed by atoms with Crippen LogP contribution in [0.2, 0.25) is 0 Å². The highest BCUT2D eigenvalue weighted by Gasteiger charge is 2.56. The quantitative estimate of drug-likeness (QED) is 0.217. The highest BCUT2D eigenvalue weighted by molar-refractivity contribution is 6.00. The van der Waals surface area contributed by atoms with Crippen molar-refractivity contribution in [2.45, 2.75) is 75.6 Å². The number of aliphatic hydroxyl groups is 1. The predicted octanol–water partition coefficient (Wildman–Crippen LogP) is 6.52. The van der Waals surface area contributed by atoms with Gasteiger partial charge in [-0.15, -0.1) is 0 Å². The van der Waals surface area contributed by atoms with Crippen molar-refractivity contribution in [3.8, 4) is 5.75 Å². The van der Waals surface area contributed by atoms with Gasteiger partial charge < -0.3 is 26.2 Å². The number of halogens is 3. The third kappa shape index (κ3) is 6.13. The summed E-state index contributed by atoms with van der Waals surface area (Å²) in [5, 5.41) is 16.7. The maximum absolute atomic E-state index is 14.0. The minimum absolute atomic E-state index is 0.0472. The molecule has 0 spiro atoms. The van der Waals surface area contributed by atoms with E-state index in [0.29, 0.717) is 52.9 Å². The SMILES string of the molecule is COc1cc(C2CCN([C@H]3C4CC5CC3C[C@](O)(C5)C4)CC2)ccc1Nc1ncc(C(F)(F)F)c(Nc2c(C)cccc2C(N)=O)n1. The fourth-order valence-corrected chi connectivity index (χ4v) is 9.17. The number of nitrogens with one attached hydrogen (secondary N) is 2. The average Bonchev–Trinajstić information content (AvgIpc) is 3.01. The molecule has 47 heavy (non-hydrogen) atoms. The maximum Gasteiger partial charge on any atom is 0.421 e. The van der Waals surface area contributed by atoms with Crippen LogP contribution in [0.1, 0.15) is 77.9 Å². The van der Waals surface area contributed by atoms with Crippen LogP contribution in [-0.2, 0) is 6.18 Å². The van der Waals surface area contributed by atoms with Gasteiger partial charge in [-0.3, -0.25) is 9.69 Å². The molecule has 4 bridgehead atoms. The monoisotopic (exact) mass is 650 g/mol. The van der Waals surface area contributed by atoms with Crippen molar-refractivity contribution in [3.05, 3.63) is 64.8 Å². The van der Waals surface area contributed by atoms with Gasteiger partial charge in [-0.2, -0.15) is 18.2 Å². The number of piperidine rings is 1. The smallest absolute Gasteiger partial charge is 0.421 e. The summed E-state index contributed by atoms with van der Waals surface area (Å²) in [6, 6.07) is 11.1. The van der Waals surface area contributed by atoms with Crippen LogP contribution < -0.4 is 21.1 Å². The Kier molecular flexibility index (Phi) is 8.07. The second-order valence-corrected chi connectivity index (χ2v) is 14.0. The van der Waals surface area contributed by atoms with Crippen LogP contribution in [0, 0.1) is 24.7 Å². The second kappa shape index (κ2) is 12.0. The van der Waals surface area contributed by atoms with Crippen LogP contribution in [0.5, 0.6) is 5.75 Å². The number of hydrogen-bond donors (Lipinski definition) is 4. The first-order chi connectivity index (χ1) is 22.4. The number of alkyl halides is 3. The molecule has 8 rings (SSSR count). The first-order valence-electron chi connectivity index (χ1n) is 16.4. The van der Waals surface area contributed by atoms with E-state index in [2.05, 4.69) is 25.5 Å². The Labute approximate surface area is 272 Å². The average molecular weight is 651 g/mol. The van der Waals surface area contributed by atoms with Crippen molar-refractivity contribution >= 4 is 29.0 Å². The fraction of sp³-hybridized carbons (Fsp3) is 0.514. The van der Waals surface area contributed by atoms with E-state index < -0.39 is 29.1 Å². The number of anilines is 4. The van der Waals surface area contributed by atoms with Crippen LogP contribution in [0.3, 0.4) is 0 Å². The van der Waals surface area contributed by atoms with E-state index in [0.717, 1.165) is 50.8 Å². The molecule has 2 aromatic carbocycles. The van der Waals surface area contributed by atoms with Gasteiger partial charge in [0.2, 0.25) is 5.95 Å². The minimum Gasteiger partial charge on any atom is -0.495 e. The number of likely N-dealkylation sites (tertiary alicyclic amines) is 1. The lowest BCUT2D eigenvalue weighted by Crippen LogP contribution is -2.62. The molecule has 3 aromatic rings. The van der Waals surface area contributed by atoms with Crippen LogP contribution in [-0.4, -0.2) is 57.7 Å². The molecule has 1 saturated heterocycles. The lowest BCUT2D eigenvalue weighted by atomic mass is 9.52. The summed E-state index contributed by atoms with van der Waals surface area (Å²) in [6.45, 7) is 3.72. The number of methoxy groups -OCH3 is 1. The molecule has 1 aromatic heterocycles. The third-order valence-electron chi connectivity index (χ3n) is 11.0. The number of nitrogens with zero attached hydrogens (tertiary/aromatic N) is 3. The number of para-hydroxylation sites is 1. The van der Waals surface area contributed by atoms with Gasteiger partial charge in [0.05, 0.1) is 29.6 Å². The normalized spacial score (nSPS) is 27.5. The molecule has 9 nitrogen and oxygen atoms in total. The molecule has 5 fully saturated rings. The van der Waals surface area contributed by atoms with Crippen LogP contribution in [0.4, 0.5) is 36.3 Å². The van der Waals surface area contributed by atoms with Gasteiger partial charge in [0, 0.05) is 12.2 Å². The number of nitrogens with two attached hydrogens (primary N) is 1. The number of primary amides is 1. The zero-order valence-corrected chi connectivity index (χ0v) is 26.6. The summed E-state index contributed by atoms with van der Waals surface area (Å²) >= 11 is 0. The standard InChI is InChI=1S/C35H41F3N6O3/c1-19-4-3-5-25(31(39)45)29(19)42-32-26(35(36,37)38)18-40-33(43-32)41-27-7-6-22(14-28(27)47-2)21-8-10-44(11-9-21)30-23-12-20-13-24(30)17-34(46,15-20)16-23/h3-7,14,18,20-21,23-24,30,46H,8-13,15-17H2,1-2H3,(H2,39,45)(H2,40,41,42,43)/t20?,23?,24?,30-,34-. The van der Waals surface area contributed by atoms with Gasteiger partial charge >= 0.3 is 6.18 Å². The van der Waals surface area contributed by atoms with Crippen molar-refractivity contribution in [2.75, 3.05) is 30.8 Å². The van der Waals surface area contributed by atoms with Gasteiger partial charge in [-0.1, -0.05) is 18.2 Å². The third-order valence-corrected chi connectivity index (χ3v) is 11.0. The van der Waals surface area contributed by atoms with Crippen LogP contribution >= 0.6 is 0 Å². The molecule has 1 aliphatic heterocycles. The molecule has 250 valence electrons. The number of aryl methyl sites for hydroxylation is 1. The number of hydrogen-bond acceptors (Lipinski definition) is 8. The van der Waals surface area contributed by atoms with Gasteiger partial charge in [-0.05, 0) is 118 Å². The molecule has 2 heterocycles. The number of carbonyl (C=O) groups excluding carboxylic acids is 1. The number of rotatable bonds is 8. The summed E-state index contributed by atoms with van der Waals surface area (Å²) in [7, 11) is 1.55. The molecular formula is C35H41F3N6O3. The van der Waals surface area contributed by atoms with E-state index in [1.165, 1.54) is 18.9 Å². The van der Waals surface area contributed by atoms with E-state index in [-0.39, 0.29) is 17.2 Å². The Morgan fingerprint density at radius 2 is 1.81 bits per heavy atom. The van der Waals surface area contributed by atoms with Gasteiger partial charge in [0.25, 0.3) is 5.91 Å². The zero-order valence-electron chi connectivity index (χ0n) is 26.6. The van der Waals surface area contributed by atoms with Gasteiger partial charge in [0.1, 0.15) is 17.1 Å². The maximum atomic E-state index is 14.0. The second-order valence-electron chi connectivity index (χ2n) is 14.0. The molecule has 12 heteroatoms. The fourth-order valence-electron chi connectivity index (χ4n) is 9.17. The van der Waals surface area contributed by atoms with Gasteiger partial charge in [0.15, 0.2) is 0 Å². The van der Waals surface area contributed by atoms with E-state index >= 15 is 0 Å². The van der Waals surface area contributed by atoms with Crippen molar-refractivity contribution < 1.29 is 27.8 Å².